The van der Waals surface area contributed by atoms with Gasteiger partial charge in [0.05, 0.1) is 36.3 Å². The molecule has 0 radical (unpaired) electrons. The van der Waals surface area contributed by atoms with Crippen molar-refractivity contribution < 1.29 is 27.4 Å². The third-order valence-corrected chi connectivity index (χ3v) is 13.7. The topological polar surface area (TPSA) is 108 Å². The molecule has 7 rings (SSSR count). The highest BCUT2D eigenvalue weighted by atomic mass is 35.5. The van der Waals surface area contributed by atoms with E-state index in [2.05, 4.69) is 27.0 Å². The van der Waals surface area contributed by atoms with Crippen molar-refractivity contribution in [1.29, 1.82) is 0 Å². The second-order valence-electron chi connectivity index (χ2n) is 14.1. The minimum atomic E-state index is -3.63. The molecule has 48 heavy (non-hydrogen) atoms. The van der Waals surface area contributed by atoms with Crippen molar-refractivity contribution in [3.05, 3.63) is 76.6 Å². The summed E-state index contributed by atoms with van der Waals surface area (Å²) in [7, 11) is -0.452. The van der Waals surface area contributed by atoms with Gasteiger partial charge < -0.3 is 19.1 Å². The number of carbonyl (C=O) groups is 1. The highest BCUT2D eigenvalue weighted by Crippen LogP contribution is 2.48. The Morgan fingerprint density at radius 1 is 1.08 bits per heavy atom. The number of nitrogens with zero attached hydrogens (tertiary/aromatic N) is 3. The maximum atomic E-state index is 13.5. The number of sulfone groups is 1. The molecule has 3 aromatic rings. The summed E-state index contributed by atoms with van der Waals surface area (Å²) in [5, 5.41) is 0.154. The van der Waals surface area contributed by atoms with Crippen LogP contribution in [0.25, 0.3) is 0 Å². The Bertz CT molecular complexity index is 1760. The number of anilines is 1. The van der Waals surface area contributed by atoms with Crippen molar-refractivity contribution in [3.8, 4) is 5.75 Å². The fourth-order valence-electron chi connectivity index (χ4n) is 8.96. The zero-order valence-electron chi connectivity index (χ0n) is 27.6. The van der Waals surface area contributed by atoms with Crippen LogP contribution in [0, 0.1) is 17.8 Å². The van der Waals surface area contributed by atoms with Crippen molar-refractivity contribution >= 4 is 33.1 Å². The summed E-state index contributed by atoms with van der Waals surface area (Å²) in [6.07, 6.45) is 11.0. The van der Waals surface area contributed by atoms with Crippen LogP contribution in [0.4, 0.5) is 5.69 Å². The Labute approximate surface area is 288 Å². The standard InChI is InChI=1S/C37H44ClN3O6S/c1-45-34(25-6-3-8-29(19-25)48(43,44)36-39-16-5-17-40-36)30-12-9-27(30)21-41-22-37(15-4-7-24-18-28(38)11-13-31(24)37)23-47-33-14-10-26(20-32(33)41)35(42)46-2/h5,10-11,13-14,16-18,20,25,27,29-30,34H,3-4,6-9,12,15,19,21-23H2,1-2H3/t25-,27+,29-,30-,34+,37?/m1/s1. The Morgan fingerprint density at radius 2 is 1.92 bits per heavy atom. The van der Waals surface area contributed by atoms with E-state index in [-0.39, 0.29) is 28.6 Å². The van der Waals surface area contributed by atoms with Gasteiger partial charge in [0, 0.05) is 43.0 Å². The van der Waals surface area contributed by atoms with Gasteiger partial charge in [-0.3, -0.25) is 0 Å². The first-order valence-corrected chi connectivity index (χ1v) is 19.1. The number of esters is 1. The van der Waals surface area contributed by atoms with Crippen LogP contribution in [-0.4, -0.2) is 69.6 Å². The maximum Gasteiger partial charge on any atom is 0.337 e. The molecule has 1 aromatic heterocycles. The summed E-state index contributed by atoms with van der Waals surface area (Å²) < 4.78 is 45.0. The average Bonchev–Trinajstić information content (AvgIpc) is 3.25. The van der Waals surface area contributed by atoms with Crippen molar-refractivity contribution in [2.24, 2.45) is 17.8 Å². The van der Waals surface area contributed by atoms with E-state index in [1.807, 2.05) is 18.2 Å². The lowest BCUT2D eigenvalue weighted by Gasteiger charge is -2.48. The molecule has 2 heterocycles. The van der Waals surface area contributed by atoms with Crippen LogP contribution < -0.4 is 9.64 Å². The number of halogens is 1. The third-order valence-electron chi connectivity index (χ3n) is 11.5. The number of hydrogen-bond donors (Lipinski definition) is 0. The van der Waals surface area contributed by atoms with Gasteiger partial charge in [-0.15, -0.1) is 0 Å². The normalized spacial score (nSPS) is 27.5. The molecule has 4 aliphatic rings. The molecule has 11 heteroatoms. The van der Waals surface area contributed by atoms with Crippen molar-refractivity contribution in [2.75, 3.05) is 38.8 Å². The van der Waals surface area contributed by atoms with Crippen LogP contribution in [0.5, 0.6) is 5.75 Å². The van der Waals surface area contributed by atoms with Crippen LogP contribution in [0.3, 0.4) is 0 Å². The largest absolute Gasteiger partial charge is 0.490 e. The summed E-state index contributed by atoms with van der Waals surface area (Å²) >= 11 is 6.45. The number of hydrogen-bond acceptors (Lipinski definition) is 9. The molecule has 2 aromatic carbocycles. The van der Waals surface area contributed by atoms with E-state index < -0.39 is 15.1 Å². The quantitative estimate of drug-likeness (QED) is 0.194. The van der Waals surface area contributed by atoms with Crippen molar-refractivity contribution in [1.82, 2.24) is 9.97 Å². The van der Waals surface area contributed by atoms with E-state index in [9.17, 15) is 13.2 Å². The van der Waals surface area contributed by atoms with Crippen LogP contribution >= 0.6 is 11.6 Å². The number of carbonyl (C=O) groups excluding carboxylic acids is 1. The van der Waals surface area contributed by atoms with E-state index in [4.69, 9.17) is 25.8 Å². The Hall–Kier alpha value is -3.21. The Kier molecular flexibility index (Phi) is 9.43. The number of aromatic nitrogens is 2. The van der Waals surface area contributed by atoms with E-state index in [1.54, 1.807) is 19.2 Å². The van der Waals surface area contributed by atoms with Gasteiger partial charge in [-0.05, 0) is 117 Å². The molecule has 0 saturated heterocycles. The lowest BCUT2D eigenvalue weighted by Crippen LogP contribution is -2.51. The average molecular weight is 694 g/mol. The molecule has 0 amide bonds. The number of aryl methyl sites for hydroxylation is 1. The second-order valence-corrected chi connectivity index (χ2v) is 16.7. The first kappa shape index (κ1) is 33.3. The molecule has 1 unspecified atom stereocenters. The van der Waals surface area contributed by atoms with Gasteiger partial charge >= 0.3 is 5.97 Å². The highest BCUT2D eigenvalue weighted by molar-refractivity contribution is 7.91. The first-order chi connectivity index (χ1) is 23.2. The summed E-state index contributed by atoms with van der Waals surface area (Å²) in [5.41, 5.74) is 3.74. The van der Waals surface area contributed by atoms with Gasteiger partial charge in [0.15, 0.2) is 0 Å². The lowest BCUT2D eigenvalue weighted by molar-refractivity contribution is -0.0589. The Balaban J connectivity index is 1.16. The molecule has 1 aliphatic heterocycles. The van der Waals surface area contributed by atoms with Gasteiger partial charge in [-0.25, -0.2) is 23.2 Å². The molecule has 9 nitrogen and oxygen atoms in total. The molecule has 2 fully saturated rings. The van der Waals surface area contributed by atoms with Gasteiger partial charge in [-0.2, -0.15) is 0 Å². The summed E-state index contributed by atoms with van der Waals surface area (Å²) in [6.45, 7) is 2.07. The van der Waals surface area contributed by atoms with Gasteiger partial charge in [0.25, 0.3) is 0 Å². The van der Waals surface area contributed by atoms with Gasteiger partial charge in [0.2, 0.25) is 15.0 Å². The van der Waals surface area contributed by atoms with Crippen molar-refractivity contribution in [3.63, 3.8) is 0 Å². The molecular formula is C37H44ClN3O6S. The van der Waals surface area contributed by atoms with Crippen LogP contribution in [-0.2, 0) is 31.1 Å². The van der Waals surface area contributed by atoms with Gasteiger partial charge in [0.1, 0.15) is 5.75 Å². The van der Waals surface area contributed by atoms with E-state index in [1.165, 1.54) is 30.6 Å². The monoisotopic (exact) mass is 693 g/mol. The van der Waals surface area contributed by atoms with Crippen LogP contribution in [0.2, 0.25) is 5.02 Å². The summed E-state index contributed by atoms with van der Waals surface area (Å²) in [5.74, 6) is 1.15. The van der Waals surface area contributed by atoms with Gasteiger partial charge in [-0.1, -0.05) is 24.1 Å². The molecule has 3 aliphatic carbocycles. The summed E-state index contributed by atoms with van der Waals surface area (Å²) in [6, 6.07) is 13.5. The van der Waals surface area contributed by atoms with E-state index in [0.717, 1.165) is 74.5 Å². The molecule has 0 N–H and O–H groups in total. The molecule has 256 valence electrons. The fourth-order valence-corrected chi connectivity index (χ4v) is 10.8. The maximum absolute atomic E-state index is 13.5. The Morgan fingerprint density at radius 3 is 2.67 bits per heavy atom. The zero-order valence-corrected chi connectivity index (χ0v) is 29.2. The van der Waals surface area contributed by atoms with Crippen molar-refractivity contribution in [2.45, 2.75) is 79.7 Å². The highest BCUT2D eigenvalue weighted by Gasteiger charge is 2.47. The number of rotatable bonds is 8. The van der Waals surface area contributed by atoms with E-state index in [0.29, 0.717) is 36.8 Å². The first-order valence-electron chi connectivity index (χ1n) is 17.1. The van der Waals surface area contributed by atoms with Crippen LogP contribution in [0.1, 0.15) is 72.9 Å². The number of ether oxygens (including phenoxy) is 3. The molecule has 0 bridgehead atoms. The fraction of sp³-hybridized carbons (Fsp3) is 0.541. The molecule has 2 saturated carbocycles. The minimum Gasteiger partial charge on any atom is -0.490 e. The molecule has 6 atom stereocenters. The summed E-state index contributed by atoms with van der Waals surface area (Å²) in [4.78, 5) is 23.2. The van der Waals surface area contributed by atoms with E-state index >= 15 is 0 Å². The smallest absolute Gasteiger partial charge is 0.337 e. The predicted molar refractivity (Wildman–Crippen MR) is 184 cm³/mol. The minimum absolute atomic E-state index is 0.0472. The number of fused-ring (bicyclic) bond motifs is 3. The second kappa shape index (κ2) is 13.6. The zero-order chi connectivity index (χ0) is 33.5. The predicted octanol–water partition coefficient (Wildman–Crippen LogP) is 6.46. The van der Waals surface area contributed by atoms with Crippen LogP contribution in [0.15, 0.2) is 60.0 Å². The number of benzene rings is 2. The number of methoxy groups -OCH3 is 2. The molecular weight excluding hydrogens is 650 g/mol. The third kappa shape index (κ3) is 6.20. The lowest BCUT2D eigenvalue weighted by atomic mass is 9.65. The SMILES string of the molecule is COC(=O)c1ccc2c(c1)N(C[C@@H]1CC[C@H]1[C@@H](OC)[C@@H]1CCC[C@@H](S(=O)(=O)c3ncccn3)C1)CC1(CCCc3cc(Cl)ccc31)CO2. The molecule has 1 spiro atoms.